The third kappa shape index (κ3) is 5.17. The molecule has 6 heteroatoms. The van der Waals surface area contributed by atoms with Crippen molar-refractivity contribution in [3.8, 4) is 5.75 Å². The Morgan fingerprint density at radius 1 is 1.00 bits per heavy atom. The van der Waals surface area contributed by atoms with Crippen LogP contribution < -0.4 is 15.4 Å². The van der Waals surface area contributed by atoms with Crippen LogP contribution in [0.15, 0.2) is 60.8 Å². The molecule has 0 radical (unpaired) electrons. The van der Waals surface area contributed by atoms with Crippen LogP contribution in [0.1, 0.15) is 18.9 Å². The van der Waals surface area contributed by atoms with Crippen molar-refractivity contribution >= 4 is 17.5 Å². The van der Waals surface area contributed by atoms with E-state index in [0.717, 1.165) is 30.8 Å². The second-order valence-corrected chi connectivity index (χ2v) is 5.74. The molecule has 0 unspecified atom stereocenters. The van der Waals surface area contributed by atoms with E-state index in [1.807, 2.05) is 37.3 Å². The predicted molar refractivity (Wildman–Crippen MR) is 104 cm³/mol. The monoisotopic (exact) mass is 349 g/mol. The Labute approximate surface area is 153 Å². The van der Waals surface area contributed by atoms with E-state index < -0.39 is 0 Å². The Morgan fingerprint density at radius 2 is 1.81 bits per heavy atom. The number of nitrogens with zero attached hydrogens (tertiary/aromatic N) is 3. The smallest absolute Gasteiger partial charge is 0.244 e. The molecule has 6 nitrogen and oxygen atoms in total. The fourth-order valence-electron chi connectivity index (χ4n) is 2.57. The number of ether oxygens (including phenoxy) is 1. The van der Waals surface area contributed by atoms with Crippen LogP contribution in [0.4, 0.5) is 17.5 Å². The van der Waals surface area contributed by atoms with Gasteiger partial charge in [-0.05, 0) is 37.5 Å². The molecule has 26 heavy (non-hydrogen) atoms. The van der Waals surface area contributed by atoms with Crippen molar-refractivity contribution in [2.45, 2.75) is 19.8 Å². The zero-order valence-corrected chi connectivity index (χ0v) is 14.9. The molecule has 2 N–H and O–H groups in total. The Morgan fingerprint density at radius 3 is 2.65 bits per heavy atom. The molecule has 0 atom stereocenters. The molecule has 0 aliphatic heterocycles. The quantitative estimate of drug-likeness (QED) is 0.568. The molecule has 0 fully saturated rings. The standard InChI is InChI=1S/C20H23N5O/c1-2-26-18-13-7-6-12-17(18)23-19-15-22-25-20(24-19)21-14-8-11-16-9-4-3-5-10-16/h3-7,9-10,12-13,15H,2,8,11,14H2,1H3,(H2,21,23,24,25). The normalized spacial score (nSPS) is 10.3. The molecule has 0 aliphatic carbocycles. The number of hydrogen-bond donors (Lipinski definition) is 2. The first kappa shape index (κ1) is 17.7. The summed E-state index contributed by atoms with van der Waals surface area (Å²) in [5.74, 6) is 1.92. The number of anilines is 3. The van der Waals surface area contributed by atoms with Gasteiger partial charge >= 0.3 is 0 Å². The van der Waals surface area contributed by atoms with Crippen molar-refractivity contribution in [1.82, 2.24) is 15.2 Å². The fraction of sp³-hybridized carbons (Fsp3) is 0.250. The van der Waals surface area contributed by atoms with E-state index in [4.69, 9.17) is 4.74 Å². The summed E-state index contributed by atoms with van der Waals surface area (Å²) in [6.07, 6.45) is 3.61. The SMILES string of the molecule is CCOc1ccccc1Nc1cnnc(NCCCc2ccccc2)n1. The summed E-state index contributed by atoms with van der Waals surface area (Å²) in [5.41, 5.74) is 2.18. The van der Waals surface area contributed by atoms with Gasteiger partial charge in [0.25, 0.3) is 0 Å². The lowest BCUT2D eigenvalue weighted by Gasteiger charge is -2.12. The number of aryl methyl sites for hydroxylation is 1. The molecule has 1 heterocycles. The predicted octanol–water partition coefficient (Wildman–Crippen LogP) is 4.06. The Kier molecular flexibility index (Phi) is 6.36. The summed E-state index contributed by atoms with van der Waals surface area (Å²) >= 11 is 0. The lowest BCUT2D eigenvalue weighted by molar-refractivity contribution is 0.342. The average molecular weight is 349 g/mol. The van der Waals surface area contributed by atoms with Crippen LogP contribution in [0, 0.1) is 0 Å². The largest absolute Gasteiger partial charge is 0.492 e. The van der Waals surface area contributed by atoms with Crippen molar-refractivity contribution in [2.75, 3.05) is 23.8 Å². The molecular weight excluding hydrogens is 326 g/mol. The van der Waals surface area contributed by atoms with Gasteiger partial charge < -0.3 is 15.4 Å². The van der Waals surface area contributed by atoms with Crippen LogP contribution in [0.2, 0.25) is 0 Å². The average Bonchev–Trinajstić information content (AvgIpc) is 2.68. The third-order valence-electron chi connectivity index (χ3n) is 3.78. The molecule has 0 saturated carbocycles. The lowest BCUT2D eigenvalue weighted by atomic mass is 10.1. The van der Waals surface area contributed by atoms with Crippen LogP contribution in [-0.4, -0.2) is 28.3 Å². The van der Waals surface area contributed by atoms with E-state index in [1.165, 1.54) is 5.56 Å². The van der Waals surface area contributed by atoms with Gasteiger partial charge in [0.15, 0.2) is 5.82 Å². The number of hydrogen-bond acceptors (Lipinski definition) is 6. The fourth-order valence-corrected chi connectivity index (χ4v) is 2.57. The maximum Gasteiger partial charge on any atom is 0.244 e. The van der Waals surface area contributed by atoms with Gasteiger partial charge in [-0.25, -0.2) is 0 Å². The van der Waals surface area contributed by atoms with Crippen LogP contribution in [-0.2, 0) is 6.42 Å². The summed E-state index contributed by atoms with van der Waals surface area (Å²) in [6.45, 7) is 3.35. The first-order valence-electron chi connectivity index (χ1n) is 8.81. The molecule has 134 valence electrons. The number of rotatable bonds is 9. The summed E-state index contributed by atoms with van der Waals surface area (Å²) < 4.78 is 5.62. The molecule has 1 aromatic heterocycles. The van der Waals surface area contributed by atoms with E-state index in [1.54, 1.807) is 6.20 Å². The Hall–Kier alpha value is -3.15. The Bertz CT molecular complexity index is 810. The minimum Gasteiger partial charge on any atom is -0.492 e. The van der Waals surface area contributed by atoms with Crippen LogP contribution in [0.3, 0.4) is 0 Å². The summed E-state index contributed by atoms with van der Waals surface area (Å²) in [7, 11) is 0. The number of nitrogens with one attached hydrogen (secondary N) is 2. The molecule has 0 aliphatic rings. The van der Waals surface area contributed by atoms with Gasteiger partial charge in [0.2, 0.25) is 5.95 Å². The maximum absolute atomic E-state index is 5.62. The highest BCUT2D eigenvalue weighted by molar-refractivity contribution is 5.63. The van der Waals surface area contributed by atoms with E-state index >= 15 is 0 Å². The first-order chi connectivity index (χ1) is 12.8. The van der Waals surface area contributed by atoms with Gasteiger partial charge in [-0.15, -0.1) is 5.10 Å². The van der Waals surface area contributed by atoms with Crippen LogP contribution in [0.25, 0.3) is 0 Å². The van der Waals surface area contributed by atoms with Crippen molar-refractivity contribution in [2.24, 2.45) is 0 Å². The highest BCUT2D eigenvalue weighted by atomic mass is 16.5. The van der Waals surface area contributed by atoms with Crippen molar-refractivity contribution in [3.05, 3.63) is 66.4 Å². The molecule has 0 amide bonds. The van der Waals surface area contributed by atoms with E-state index in [9.17, 15) is 0 Å². The molecule has 0 bridgehead atoms. The summed E-state index contributed by atoms with van der Waals surface area (Å²) in [4.78, 5) is 4.46. The molecule has 3 rings (SSSR count). The molecule has 0 spiro atoms. The van der Waals surface area contributed by atoms with Crippen LogP contribution in [0.5, 0.6) is 5.75 Å². The number of para-hydroxylation sites is 2. The summed E-state index contributed by atoms with van der Waals surface area (Å²) in [5, 5.41) is 14.5. The van der Waals surface area contributed by atoms with Gasteiger partial charge in [-0.1, -0.05) is 42.5 Å². The Balaban J connectivity index is 1.55. The van der Waals surface area contributed by atoms with Crippen molar-refractivity contribution < 1.29 is 4.74 Å². The molecule has 0 saturated heterocycles. The van der Waals surface area contributed by atoms with Crippen molar-refractivity contribution in [3.63, 3.8) is 0 Å². The van der Waals surface area contributed by atoms with Gasteiger partial charge in [0.05, 0.1) is 18.5 Å². The highest BCUT2D eigenvalue weighted by Crippen LogP contribution is 2.26. The summed E-state index contributed by atoms with van der Waals surface area (Å²) in [6, 6.07) is 18.2. The molecule has 2 aromatic carbocycles. The highest BCUT2D eigenvalue weighted by Gasteiger charge is 2.05. The lowest BCUT2D eigenvalue weighted by Crippen LogP contribution is -2.08. The van der Waals surface area contributed by atoms with E-state index in [0.29, 0.717) is 18.4 Å². The van der Waals surface area contributed by atoms with Gasteiger partial charge in [0, 0.05) is 6.54 Å². The van der Waals surface area contributed by atoms with Gasteiger partial charge in [0.1, 0.15) is 5.75 Å². The molecular formula is C20H23N5O. The van der Waals surface area contributed by atoms with Crippen LogP contribution >= 0.6 is 0 Å². The third-order valence-corrected chi connectivity index (χ3v) is 3.78. The second-order valence-electron chi connectivity index (χ2n) is 5.74. The van der Waals surface area contributed by atoms with Gasteiger partial charge in [-0.3, -0.25) is 0 Å². The van der Waals surface area contributed by atoms with E-state index in [-0.39, 0.29) is 0 Å². The zero-order valence-electron chi connectivity index (χ0n) is 14.9. The van der Waals surface area contributed by atoms with E-state index in [2.05, 4.69) is 50.1 Å². The first-order valence-corrected chi connectivity index (χ1v) is 8.81. The molecule has 3 aromatic rings. The topological polar surface area (TPSA) is 72.0 Å². The zero-order chi connectivity index (χ0) is 18.0. The minimum absolute atomic E-state index is 0.511. The minimum atomic E-state index is 0.511. The van der Waals surface area contributed by atoms with Crippen molar-refractivity contribution in [1.29, 1.82) is 0 Å². The second kappa shape index (κ2) is 9.36. The maximum atomic E-state index is 5.62. The number of benzene rings is 2. The number of aromatic nitrogens is 3. The van der Waals surface area contributed by atoms with Gasteiger partial charge in [-0.2, -0.15) is 10.1 Å².